The summed E-state index contributed by atoms with van der Waals surface area (Å²) < 4.78 is 5.00. The Bertz CT molecular complexity index is 291. The Kier molecular flexibility index (Phi) is 3.53. The van der Waals surface area contributed by atoms with E-state index >= 15 is 0 Å². The lowest BCUT2D eigenvalue weighted by molar-refractivity contribution is 0.445. The molecule has 0 aliphatic rings. The SMILES string of the molecule is CC(=Cc1ccoc1)CNC(C)(C)C. The van der Waals surface area contributed by atoms with E-state index in [1.54, 1.807) is 12.5 Å². The summed E-state index contributed by atoms with van der Waals surface area (Å²) in [5.74, 6) is 0. The van der Waals surface area contributed by atoms with Crippen LogP contribution in [0.15, 0.2) is 28.6 Å². The highest BCUT2D eigenvalue weighted by molar-refractivity contribution is 5.50. The molecule has 1 aromatic heterocycles. The second kappa shape index (κ2) is 4.47. The van der Waals surface area contributed by atoms with E-state index in [0.29, 0.717) is 0 Å². The molecule has 0 amide bonds. The van der Waals surface area contributed by atoms with Gasteiger partial charge in [-0.15, -0.1) is 0 Å². The molecule has 0 bridgehead atoms. The Labute approximate surface area is 86.0 Å². The second-order valence-electron chi connectivity index (χ2n) is 4.65. The lowest BCUT2D eigenvalue weighted by Crippen LogP contribution is -2.36. The summed E-state index contributed by atoms with van der Waals surface area (Å²) in [6.45, 7) is 9.52. The maximum atomic E-state index is 5.00. The molecule has 0 radical (unpaired) electrons. The summed E-state index contributed by atoms with van der Waals surface area (Å²) in [4.78, 5) is 0. The average Bonchev–Trinajstić information content (AvgIpc) is 2.52. The van der Waals surface area contributed by atoms with Crippen LogP contribution >= 0.6 is 0 Å². The Morgan fingerprint density at radius 2 is 2.21 bits per heavy atom. The molecule has 78 valence electrons. The van der Waals surface area contributed by atoms with E-state index in [4.69, 9.17) is 4.42 Å². The first-order valence-corrected chi connectivity index (χ1v) is 4.92. The number of nitrogens with one attached hydrogen (secondary N) is 1. The highest BCUT2D eigenvalue weighted by Crippen LogP contribution is 2.07. The van der Waals surface area contributed by atoms with Gasteiger partial charge in [-0.3, -0.25) is 0 Å². The molecule has 1 heterocycles. The van der Waals surface area contributed by atoms with Crippen LogP contribution in [0.4, 0.5) is 0 Å². The quantitative estimate of drug-likeness (QED) is 0.798. The zero-order valence-corrected chi connectivity index (χ0v) is 9.42. The van der Waals surface area contributed by atoms with Crippen molar-refractivity contribution in [2.75, 3.05) is 6.54 Å². The summed E-state index contributed by atoms with van der Waals surface area (Å²) in [5.41, 5.74) is 2.60. The van der Waals surface area contributed by atoms with E-state index in [-0.39, 0.29) is 5.54 Å². The van der Waals surface area contributed by atoms with E-state index in [0.717, 1.165) is 12.1 Å². The molecule has 1 aromatic rings. The van der Waals surface area contributed by atoms with Crippen molar-refractivity contribution in [1.29, 1.82) is 0 Å². The first kappa shape index (κ1) is 11.1. The van der Waals surface area contributed by atoms with Gasteiger partial charge in [0.1, 0.15) is 0 Å². The lowest BCUT2D eigenvalue weighted by atomic mass is 10.1. The summed E-state index contributed by atoms with van der Waals surface area (Å²) >= 11 is 0. The molecule has 0 aromatic carbocycles. The smallest absolute Gasteiger partial charge is 0.0974 e. The van der Waals surface area contributed by atoms with Gasteiger partial charge in [0, 0.05) is 17.6 Å². The fourth-order valence-corrected chi connectivity index (χ4v) is 1.10. The molecule has 0 aliphatic carbocycles. The number of rotatable bonds is 3. The van der Waals surface area contributed by atoms with Gasteiger partial charge in [-0.2, -0.15) is 0 Å². The zero-order chi connectivity index (χ0) is 10.6. The monoisotopic (exact) mass is 193 g/mol. The predicted octanol–water partition coefficient (Wildman–Crippen LogP) is 3.07. The Hall–Kier alpha value is -1.02. The molecular weight excluding hydrogens is 174 g/mol. The van der Waals surface area contributed by atoms with Crippen LogP contribution in [-0.4, -0.2) is 12.1 Å². The van der Waals surface area contributed by atoms with Gasteiger partial charge in [-0.25, -0.2) is 0 Å². The fraction of sp³-hybridized carbons (Fsp3) is 0.500. The van der Waals surface area contributed by atoms with Crippen LogP contribution in [0.3, 0.4) is 0 Å². The zero-order valence-electron chi connectivity index (χ0n) is 9.42. The standard InChI is InChI=1S/C12H19NO/c1-10(8-13-12(2,3)4)7-11-5-6-14-9-11/h5-7,9,13H,8H2,1-4H3. The van der Waals surface area contributed by atoms with Gasteiger partial charge in [0.05, 0.1) is 12.5 Å². The van der Waals surface area contributed by atoms with Crippen LogP contribution in [-0.2, 0) is 0 Å². The molecule has 1 rings (SSSR count). The molecule has 14 heavy (non-hydrogen) atoms. The fourth-order valence-electron chi connectivity index (χ4n) is 1.10. The predicted molar refractivity (Wildman–Crippen MR) is 60.1 cm³/mol. The van der Waals surface area contributed by atoms with E-state index in [1.165, 1.54) is 5.57 Å². The third-order valence-corrected chi connectivity index (χ3v) is 1.85. The molecule has 0 unspecified atom stereocenters. The van der Waals surface area contributed by atoms with Crippen molar-refractivity contribution in [2.45, 2.75) is 33.2 Å². The minimum Gasteiger partial charge on any atom is -0.472 e. The molecule has 0 atom stereocenters. The van der Waals surface area contributed by atoms with Gasteiger partial charge in [-0.05, 0) is 33.8 Å². The Morgan fingerprint density at radius 1 is 1.50 bits per heavy atom. The summed E-state index contributed by atoms with van der Waals surface area (Å²) in [5, 5.41) is 3.44. The molecular formula is C12H19NO. The van der Waals surface area contributed by atoms with E-state index in [2.05, 4.69) is 39.1 Å². The van der Waals surface area contributed by atoms with Crippen LogP contribution in [0, 0.1) is 0 Å². The van der Waals surface area contributed by atoms with Crippen LogP contribution in [0.5, 0.6) is 0 Å². The number of furan rings is 1. The maximum absolute atomic E-state index is 5.00. The van der Waals surface area contributed by atoms with Crippen LogP contribution in [0.2, 0.25) is 0 Å². The number of hydrogen-bond acceptors (Lipinski definition) is 2. The second-order valence-corrected chi connectivity index (χ2v) is 4.65. The average molecular weight is 193 g/mol. The van der Waals surface area contributed by atoms with Crippen molar-refractivity contribution in [3.63, 3.8) is 0 Å². The van der Waals surface area contributed by atoms with Crippen molar-refractivity contribution in [1.82, 2.24) is 5.32 Å². The molecule has 0 saturated carbocycles. The minimum absolute atomic E-state index is 0.172. The van der Waals surface area contributed by atoms with Crippen LogP contribution < -0.4 is 5.32 Å². The van der Waals surface area contributed by atoms with Gasteiger partial charge in [0.15, 0.2) is 0 Å². The molecule has 1 N–H and O–H groups in total. The summed E-state index contributed by atoms with van der Waals surface area (Å²) in [7, 11) is 0. The van der Waals surface area contributed by atoms with Gasteiger partial charge in [0.25, 0.3) is 0 Å². The summed E-state index contributed by atoms with van der Waals surface area (Å²) in [6, 6.07) is 1.96. The van der Waals surface area contributed by atoms with Crippen molar-refractivity contribution >= 4 is 6.08 Å². The van der Waals surface area contributed by atoms with E-state index < -0.39 is 0 Å². The van der Waals surface area contributed by atoms with E-state index in [1.807, 2.05) is 6.07 Å². The third kappa shape index (κ3) is 4.28. The first-order chi connectivity index (χ1) is 6.47. The normalized spacial score (nSPS) is 13.3. The van der Waals surface area contributed by atoms with Gasteiger partial charge >= 0.3 is 0 Å². The highest BCUT2D eigenvalue weighted by Gasteiger charge is 2.07. The molecule has 0 saturated heterocycles. The van der Waals surface area contributed by atoms with Crippen molar-refractivity contribution in [2.24, 2.45) is 0 Å². The molecule has 0 fully saturated rings. The third-order valence-electron chi connectivity index (χ3n) is 1.85. The van der Waals surface area contributed by atoms with Crippen molar-refractivity contribution < 1.29 is 4.42 Å². The van der Waals surface area contributed by atoms with Crippen molar-refractivity contribution in [3.05, 3.63) is 29.7 Å². The minimum atomic E-state index is 0.172. The molecule has 0 aliphatic heterocycles. The Balaban J connectivity index is 2.46. The van der Waals surface area contributed by atoms with E-state index in [9.17, 15) is 0 Å². The van der Waals surface area contributed by atoms with Crippen molar-refractivity contribution in [3.8, 4) is 0 Å². The van der Waals surface area contributed by atoms with Gasteiger partial charge in [0.2, 0.25) is 0 Å². The molecule has 0 spiro atoms. The topological polar surface area (TPSA) is 25.2 Å². The lowest BCUT2D eigenvalue weighted by Gasteiger charge is -2.20. The summed E-state index contributed by atoms with van der Waals surface area (Å²) in [6.07, 6.45) is 5.57. The molecule has 2 nitrogen and oxygen atoms in total. The van der Waals surface area contributed by atoms with Gasteiger partial charge < -0.3 is 9.73 Å². The largest absolute Gasteiger partial charge is 0.472 e. The van der Waals surface area contributed by atoms with Crippen LogP contribution in [0.25, 0.3) is 6.08 Å². The van der Waals surface area contributed by atoms with Crippen LogP contribution in [0.1, 0.15) is 33.3 Å². The maximum Gasteiger partial charge on any atom is 0.0974 e. The highest BCUT2D eigenvalue weighted by atomic mass is 16.3. The van der Waals surface area contributed by atoms with Gasteiger partial charge in [-0.1, -0.05) is 11.6 Å². The Morgan fingerprint density at radius 3 is 2.71 bits per heavy atom. The first-order valence-electron chi connectivity index (χ1n) is 4.92. The molecule has 2 heteroatoms. The number of hydrogen-bond donors (Lipinski definition) is 1.